The van der Waals surface area contributed by atoms with Gasteiger partial charge in [0.05, 0.1) is 6.61 Å². The minimum absolute atomic E-state index is 0.192. The summed E-state index contributed by atoms with van der Waals surface area (Å²) in [7, 11) is 0. The number of benzene rings is 3. The van der Waals surface area contributed by atoms with E-state index in [2.05, 4.69) is 0 Å². The molecule has 0 aromatic heterocycles. The fraction of sp³-hybridized carbons (Fsp3) is 0.174. The molecule has 0 spiro atoms. The smallest absolute Gasteiger partial charge is 0.306 e. The number of carbonyl (C=O) groups is 1. The maximum atomic E-state index is 11.9. The number of phenolic OH excluding ortho intramolecular Hbond substituents is 2. The highest BCUT2D eigenvalue weighted by atomic mass is 16.5. The number of aromatic hydroxyl groups is 2. The van der Waals surface area contributed by atoms with Crippen molar-refractivity contribution in [2.24, 2.45) is 0 Å². The molecule has 0 unspecified atom stereocenters. The van der Waals surface area contributed by atoms with E-state index in [-0.39, 0.29) is 17.5 Å². The molecule has 0 atom stereocenters. The Balaban J connectivity index is 1.39. The number of hydrogen-bond donors (Lipinski definition) is 2. The van der Waals surface area contributed by atoms with Crippen LogP contribution in [-0.2, 0) is 22.4 Å². The molecular weight excluding hydrogens is 356 g/mol. The standard InChI is InChI=1S/C23H22O5/c24-19-6-1-18(2-7-19)15-16-27-23(26)14-5-17-3-10-21(11-4-17)28-22-12-8-20(25)9-13-22/h1-4,6-13,24-25H,5,14-16H2. The van der Waals surface area contributed by atoms with Gasteiger partial charge in [0.2, 0.25) is 0 Å². The first-order valence-electron chi connectivity index (χ1n) is 9.08. The second-order valence-electron chi connectivity index (χ2n) is 6.38. The fourth-order valence-electron chi connectivity index (χ4n) is 2.64. The van der Waals surface area contributed by atoms with Crippen LogP contribution < -0.4 is 4.74 Å². The van der Waals surface area contributed by atoms with Crippen LogP contribution in [0.5, 0.6) is 23.0 Å². The Kier molecular flexibility index (Phi) is 6.52. The van der Waals surface area contributed by atoms with Crippen LogP contribution in [0, 0.1) is 0 Å². The Bertz CT molecular complexity index is 884. The molecule has 0 aliphatic rings. The van der Waals surface area contributed by atoms with Gasteiger partial charge in [0.1, 0.15) is 23.0 Å². The summed E-state index contributed by atoms with van der Waals surface area (Å²) in [6.07, 6.45) is 1.53. The highest BCUT2D eigenvalue weighted by Crippen LogP contribution is 2.23. The lowest BCUT2D eigenvalue weighted by molar-refractivity contribution is -0.143. The highest BCUT2D eigenvalue weighted by Gasteiger charge is 2.05. The van der Waals surface area contributed by atoms with Crippen LogP contribution in [0.1, 0.15) is 17.5 Å². The summed E-state index contributed by atoms with van der Waals surface area (Å²) in [6, 6.07) is 20.9. The maximum absolute atomic E-state index is 11.9. The molecule has 0 fully saturated rings. The van der Waals surface area contributed by atoms with Gasteiger partial charge in [-0.25, -0.2) is 0 Å². The number of rotatable bonds is 8. The zero-order valence-corrected chi connectivity index (χ0v) is 15.4. The van der Waals surface area contributed by atoms with Crippen molar-refractivity contribution >= 4 is 5.97 Å². The topological polar surface area (TPSA) is 76.0 Å². The molecule has 0 saturated heterocycles. The minimum Gasteiger partial charge on any atom is -0.508 e. The van der Waals surface area contributed by atoms with Crippen molar-refractivity contribution in [3.8, 4) is 23.0 Å². The van der Waals surface area contributed by atoms with E-state index in [1.165, 1.54) is 0 Å². The van der Waals surface area contributed by atoms with Gasteiger partial charge in [0.15, 0.2) is 0 Å². The van der Waals surface area contributed by atoms with Gasteiger partial charge in [-0.2, -0.15) is 0 Å². The van der Waals surface area contributed by atoms with E-state index < -0.39 is 0 Å². The molecule has 5 heteroatoms. The number of carbonyl (C=O) groups excluding carboxylic acids is 1. The minimum atomic E-state index is -0.233. The monoisotopic (exact) mass is 378 g/mol. The quantitative estimate of drug-likeness (QED) is 0.560. The first-order valence-corrected chi connectivity index (χ1v) is 9.08. The lowest BCUT2D eigenvalue weighted by atomic mass is 10.1. The van der Waals surface area contributed by atoms with Gasteiger partial charge < -0.3 is 19.7 Å². The van der Waals surface area contributed by atoms with Crippen molar-refractivity contribution in [3.05, 3.63) is 83.9 Å². The van der Waals surface area contributed by atoms with Crippen LogP contribution in [0.4, 0.5) is 0 Å². The predicted molar refractivity (Wildman–Crippen MR) is 106 cm³/mol. The van der Waals surface area contributed by atoms with E-state index in [0.29, 0.717) is 37.4 Å². The second kappa shape index (κ2) is 9.46. The lowest BCUT2D eigenvalue weighted by Gasteiger charge is -2.08. The van der Waals surface area contributed by atoms with Crippen molar-refractivity contribution in [3.63, 3.8) is 0 Å². The van der Waals surface area contributed by atoms with E-state index in [9.17, 15) is 15.0 Å². The van der Waals surface area contributed by atoms with Gasteiger partial charge >= 0.3 is 5.97 Å². The molecule has 0 saturated carbocycles. The normalized spacial score (nSPS) is 10.4. The van der Waals surface area contributed by atoms with Crippen LogP contribution in [0.15, 0.2) is 72.8 Å². The summed E-state index contributed by atoms with van der Waals surface area (Å²) in [5.74, 6) is 1.51. The Labute approximate surface area is 163 Å². The average molecular weight is 378 g/mol. The molecule has 0 aliphatic heterocycles. The second-order valence-corrected chi connectivity index (χ2v) is 6.38. The zero-order chi connectivity index (χ0) is 19.8. The van der Waals surface area contributed by atoms with E-state index in [1.807, 2.05) is 36.4 Å². The first-order chi connectivity index (χ1) is 13.6. The Hall–Kier alpha value is -3.47. The molecule has 0 bridgehead atoms. The van der Waals surface area contributed by atoms with Gasteiger partial charge in [-0.05, 0) is 66.1 Å². The van der Waals surface area contributed by atoms with Crippen LogP contribution in [0.2, 0.25) is 0 Å². The van der Waals surface area contributed by atoms with Gasteiger partial charge in [0, 0.05) is 12.8 Å². The molecule has 3 aromatic carbocycles. The molecule has 5 nitrogen and oxygen atoms in total. The zero-order valence-electron chi connectivity index (χ0n) is 15.4. The molecule has 3 rings (SSSR count). The number of phenols is 2. The molecule has 3 aromatic rings. The molecular formula is C23H22O5. The van der Waals surface area contributed by atoms with E-state index in [0.717, 1.165) is 11.1 Å². The molecule has 2 N–H and O–H groups in total. The third-order valence-electron chi connectivity index (χ3n) is 4.20. The first kappa shape index (κ1) is 19.3. The third kappa shape index (κ3) is 6.06. The molecule has 0 heterocycles. The number of hydrogen-bond acceptors (Lipinski definition) is 5. The Morgan fingerprint density at radius 2 is 1.14 bits per heavy atom. The fourth-order valence-corrected chi connectivity index (χ4v) is 2.64. The summed E-state index contributed by atoms with van der Waals surface area (Å²) in [5, 5.41) is 18.5. The van der Waals surface area contributed by atoms with E-state index in [4.69, 9.17) is 9.47 Å². The van der Waals surface area contributed by atoms with Gasteiger partial charge in [0.25, 0.3) is 0 Å². The van der Waals surface area contributed by atoms with Crippen LogP contribution in [-0.4, -0.2) is 22.8 Å². The SMILES string of the molecule is O=C(CCc1ccc(Oc2ccc(O)cc2)cc1)OCCc1ccc(O)cc1. The van der Waals surface area contributed by atoms with Crippen LogP contribution in [0.25, 0.3) is 0 Å². The van der Waals surface area contributed by atoms with Crippen LogP contribution >= 0.6 is 0 Å². The van der Waals surface area contributed by atoms with Gasteiger partial charge in [-0.3, -0.25) is 4.79 Å². The largest absolute Gasteiger partial charge is 0.508 e. The summed E-state index contributed by atoms with van der Waals surface area (Å²) in [4.78, 5) is 11.9. The summed E-state index contributed by atoms with van der Waals surface area (Å²) in [5.41, 5.74) is 2.03. The average Bonchev–Trinajstić information content (AvgIpc) is 2.71. The number of aryl methyl sites for hydroxylation is 1. The van der Waals surface area contributed by atoms with E-state index >= 15 is 0 Å². The van der Waals surface area contributed by atoms with Crippen LogP contribution in [0.3, 0.4) is 0 Å². The molecule has 0 aliphatic carbocycles. The molecule has 144 valence electrons. The molecule has 0 amide bonds. The Morgan fingerprint density at radius 3 is 1.75 bits per heavy atom. The van der Waals surface area contributed by atoms with Crippen molar-refractivity contribution in [1.29, 1.82) is 0 Å². The number of ether oxygens (including phenoxy) is 2. The third-order valence-corrected chi connectivity index (χ3v) is 4.20. The van der Waals surface area contributed by atoms with Crippen molar-refractivity contribution < 1.29 is 24.5 Å². The van der Waals surface area contributed by atoms with Crippen molar-refractivity contribution in [2.45, 2.75) is 19.3 Å². The predicted octanol–water partition coefficient (Wildman–Crippen LogP) is 4.61. The Morgan fingerprint density at radius 1 is 0.679 bits per heavy atom. The van der Waals surface area contributed by atoms with Gasteiger partial charge in [-0.15, -0.1) is 0 Å². The van der Waals surface area contributed by atoms with Crippen molar-refractivity contribution in [2.75, 3.05) is 6.61 Å². The van der Waals surface area contributed by atoms with Crippen molar-refractivity contribution in [1.82, 2.24) is 0 Å². The van der Waals surface area contributed by atoms with Gasteiger partial charge in [-0.1, -0.05) is 24.3 Å². The lowest BCUT2D eigenvalue weighted by Crippen LogP contribution is -2.08. The summed E-state index contributed by atoms with van der Waals surface area (Å²) >= 11 is 0. The molecule has 28 heavy (non-hydrogen) atoms. The summed E-state index contributed by atoms with van der Waals surface area (Å²) < 4.78 is 11.0. The van der Waals surface area contributed by atoms with E-state index in [1.54, 1.807) is 36.4 Å². The number of esters is 1. The summed E-state index contributed by atoms with van der Waals surface area (Å²) in [6.45, 7) is 0.322. The molecule has 0 radical (unpaired) electrons. The highest BCUT2D eigenvalue weighted by molar-refractivity contribution is 5.69. The maximum Gasteiger partial charge on any atom is 0.306 e.